The van der Waals surface area contributed by atoms with E-state index in [1.54, 1.807) is 24.7 Å². The number of aryl methyl sites for hydroxylation is 1. The van der Waals surface area contributed by atoms with Gasteiger partial charge in [-0.2, -0.15) is 0 Å². The highest BCUT2D eigenvalue weighted by Gasteiger charge is 2.19. The monoisotopic (exact) mass is 318 g/mol. The van der Waals surface area contributed by atoms with Crippen molar-refractivity contribution in [2.24, 2.45) is 0 Å². The van der Waals surface area contributed by atoms with Gasteiger partial charge in [-0.1, -0.05) is 6.92 Å². The molecular weight excluding hydrogens is 308 g/mol. The number of aromatic amines is 1. The molecule has 0 fully saturated rings. The van der Waals surface area contributed by atoms with E-state index < -0.39 is 0 Å². The Hall–Kier alpha value is -1.88. The van der Waals surface area contributed by atoms with E-state index in [1.165, 1.54) is 0 Å². The first kappa shape index (κ1) is 12.2. The van der Waals surface area contributed by atoms with Crippen molar-refractivity contribution < 1.29 is 9.21 Å². The van der Waals surface area contributed by atoms with Crippen LogP contribution in [-0.4, -0.2) is 15.8 Å². The van der Waals surface area contributed by atoms with Gasteiger partial charge in [0.25, 0.3) is 0 Å². The van der Waals surface area contributed by atoms with Gasteiger partial charge in [0.05, 0.1) is 11.8 Å². The molecule has 0 aliphatic rings. The summed E-state index contributed by atoms with van der Waals surface area (Å²) in [5.74, 6) is 0.666. The van der Waals surface area contributed by atoms with Gasteiger partial charge in [-0.3, -0.25) is 4.79 Å². The second-order valence-corrected chi connectivity index (χ2v) is 5.11. The molecule has 0 amide bonds. The molecule has 3 rings (SSSR count). The topological polar surface area (TPSA) is 58.9 Å². The molecule has 0 bridgehead atoms. The van der Waals surface area contributed by atoms with Crippen LogP contribution in [0, 0.1) is 0 Å². The van der Waals surface area contributed by atoms with E-state index in [0.29, 0.717) is 29.0 Å². The minimum atomic E-state index is -0.0447. The molecule has 19 heavy (non-hydrogen) atoms. The van der Waals surface area contributed by atoms with Crippen LogP contribution in [0.1, 0.15) is 28.6 Å². The number of ketones is 1. The Morgan fingerprint density at radius 2 is 2.32 bits per heavy atom. The van der Waals surface area contributed by atoms with Gasteiger partial charge < -0.3 is 9.40 Å². The predicted molar refractivity (Wildman–Crippen MR) is 75.3 cm³/mol. The predicted octanol–water partition coefficient (Wildman–Crippen LogP) is 3.71. The number of hydrogen-bond donors (Lipinski definition) is 1. The van der Waals surface area contributed by atoms with Crippen molar-refractivity contribution in [3.05, 3.63) is 52.1 Å². The smallest absolute Gasteiger partial charge is 0.198 e. The fraction of sp³-hybridized carbons (Fsp3) is 0.143. The van der Waals surface area contributed by atoms with E-state index in [2.05, 4.69) is 25.9 Å². The fourth-order valence-corrected chi connectivity index (χ4v) is 2.46. The zero-order valence-corrected chi connectivity index (χ0v) is 11.8. The number of hydrogen-bond acceptors (Lipinski definition) is 3. The number of carbonyl (C=O) groups excluding carboxylic acids is 1. The lowest BCUT2D eigenvalue weighted by Gasteiger charge is -1.99. The summed E-state index contributed by atoms with van der Waals surface area (Å²) in [6, 6.07) is 3.60. The van der Waals surface area contributed by atoms with Gasteiger partial charge in [-0.05, 0) is 28.1 Å². The number of H-pyrrole nitrogens is 1. The molecule has 0 saturated heterocycles. The molecule has 3 aromatic heterocycles. The second kappa shape index (κ2) is 4.66. The van der Waals surface area contributed by atoms with E-state index in [-0.39, 0.29) is 5.78 Å². The first-order valence-corrected chi connectivity index (χ1v) is 6.73. The molecule has 0 saturated carbocycles. The summed E-state index contributed by atoms with van der Waals surface area (Å²) < 4.78 is 6.16. The first-order chi connectivity index (χ1) is 9.20. The maximum Gasteiger partial charge on any atom is 0.198 e. The van der Waals surface area contributed by atoms with Crippen LogP contribution in [0.4, 0.5) is 0 Å². The molecule has 5 heteroatoms. The highest BCUT2D eigenvalue weighted by Crippen LogP contribution is 2.24. The Bertz CT molecular complexity index is 758. The number of nitrogens with zero attached hydrogens (tertiary/aromatic N) is 1. The van der Waals surface area contributed by atoms with Crippen LogP contribution in [-0.2, 0) is 6.42 Å². The van der Waals surface area contributed by atoms with E-state index in [9.17, 15) is 4.79 Å². The summed E-state index contributed by atoms with van der Waals surface area (Å²) in [5, 5.41) is 0.808. The minimum absolute atomic E-state index is 0.0447. The van der Waals surface area contributed by atoms with Gasteiger partial charge >= 0.3 is 0 Å². The normalized spacial score (nSPS) is 11.1. The molecule has 0 atom stereocenters. The summed E-state index contributed by atoms with van der Waals surface area (Å²) in [4.78, 5) is 19.8. The lowest BCUT2D eigenvalue weighted by Crippen LogP contribution is -2.01. The Labute approximate surface area is 118 Å². The van der Waals surface area contributed by atoms with E-state index >= 15 is 0 Å². The van der Waals surface area contributed by atoms with Gasteiger partial charge in [0, 0.05) is 34.2 Å². The summed E-state index contributed by atoms with van der Waals surface area (Å²) in [7, 11) is 0. The van der Waals surface area contributed by atoms with Crippen LogP contribution in [0.3, 0.4) is 0 Å². The van der Waals surface area contributed by atoms with Crippen molar-refractivity contribution in [2.45, 2.75) is 13.3 Å². The van der Waals surface area contributed by atoms with Crippen molar-refractivity contribution in [1.82, 2.24) is 9.97 Å². The summed E-state index contributed by atoms with van der Waals surface area (Å²) in [6.45, 7) is 1.96. The molecule has 3 heterocycles. The molecule has 0 aromatic carbocycles. The van der Waals surface area contributed by atoms with Crippen LogP contribution in [0.25, 0.3) is 11.0 Å². The van der Waals surface area contributed by atoms with Crippen LogP contribution in [0.15, 0.2) is 39.7 Å². The Morgan fingerprint density at radius 1 is 1.47 bits per heavy atom. The SMILES string of the molecule is CCc1occc1C(=O)c1c[nH]c2ncc(Br)cc12. The van der Waals surface area contributed by atoms with Crippen molar-refractivity contribution in [2.75, 3.05) is 0 Å². The number of fused-ring (bicyclic) bond motifs is 1. The zero-order valence-electron chi connectivity index (χ0n) is 10.2. The highest BCUT2D eigenvalue weighted by atomic mass is 79.9. The van der Waals surface area contributed by atoms with Crippen LogP contribution in [0.5, 0.6) is 0 Å². The van der Waals surface area contributed by atoms with Crippen molar-refractivity contribution in [3.63, 3.8) is 0 Å². The molecule has 96 valence electrons. The van der Waals surface area contributed by atoms with Gasteiger partial charge in [0.2, 0.25) is 0 Å². The Balaban J connectivity index is 2.14. The number of nitrogens with one attached hydrogen (secondary N) is 1. The van der Waals surface area contributed by atoms with Crippen LogP contribution in [0.2, 0.25) is 0 Å². The van der Waals surface area contributed by atoms with Gasteiger partial charge in [-0.15, -0.1) is 0 Å². The lowest BCUT2D eigenvalue weighted by molar-refractivity contribution is 0.103. The maximum absolute atomic E-state index is 12.6. The fourth-order valence-electron chi connectivity index (χ4n) is 2.13. The maximum atomic E-state index is 12.6. The summed E-state index contributed by atoms with van der Waals surface area (Å²) in [6.07, 6.45) is 5.63. The first-order valence-electron chi connectivity index (χ1n) is 5.94. The average Bonchev–Trinajstić information content (AvgIpc) is 3.03. The molecule has 1 N–H and O–H groups in total. The lowest BCUT2D eigenvalue weighted by atomic mass is 10.0. The summed E-state index contributed by atoms with van der Waals surface area (Å²) >= 11 is 3.37. The van der Waals surface area contributed by atoms with Crippen molar-refractivity contribution in [1.29, 1.82) is 0 Å². The number of carbonyl (C=O) groups is 1. The second-order valence-electron chi connectivity index (χ2n) is 4.19. The van der Waals surface area contributed by atoms with E-state index in [0.717, 1.165) is 9.86 Å². The number of aromatic nitrogens is 2. The third-order valence-corrected chi connectivity index (χ3v) is 3.49. The van der Waals surface area contributed by atoms with Crippen molar-refractivity contribution in [3.8, 4) is 0 Å². The summed E-state index contributed by atoms with van der Waals surface area (Å²) in [5.41, 5.74) is 1.93. The van der Waals surface area contributed by atoms with Gasteiger partial charge in [-0.25, -0.2) is 4.98 Å². The number of rotatable bonds is 3. The highest BCUT2D eigenvalue weighted by molar-refractivity contribution is 9.10. The third kappa shape index (κ3) is 2.00. The van der Waals surface area contributed by atoms with E-state index in [4.69, 9.17) is 4.42 Å². The molecule has 4 nitrogen and oxygen atoms in total. The minimum Gasteiger partial charge on any atom is -0.469 e. The van der Waals surface area contributed by atoms with Crippen LogP contribution < -0.4 is 0 Å². The molecule has 0 aliphatic carbocycles. The molecular formula is C14H11BrN2O2. The quantitative estimate of drug-likeness (QED) is 0.749. The zero-order chi connectivity index (χ0) is 13.4. The van der Waals surface area contributed by atoms with Crippen molar-refractivity contribution >= 4 is 32.7 Å². The van der Waals surface area contributed by atoms with Gasteiger partial charge in [0.15, 0.2) is 5.78 Å². The Kier molecular flexibility index (Phi) is 2.98. The average molecular weight is 319 g/mol. The largest absolute Gasteiger partial charge is 0.469 e. The molecule has 0 spiro atoms. The van der Waals surface area contributed by atoms with E-state index in [1.807, 2.05) is 13.0 Å². The van der Waals surface area contributed by atoms with Crippen LogP contribution >= 0.6 is 15.9 Å². The molecule has 0 unspecified atom stereocenters. The third-order valence-electron chi connectivity index (χ3n) is 3.05. The standard InChI is InChI=1S/C14H11BrN2O2/c1-2-12-9(3-4-19-12)13(18)11-7-17-14-10(11)5-8(15)6-16-14/h3-7H,2H2,1H3,(H,16,17). The number of furan rings is 1. The molecule has 3 aromatic rings. The number of pyridine rings is 1. The Morgan fingerprint density at radius 3 is 3.11 bits per heavy atom. The van der Waals surface area contributed by atoms with Gasteiger partial charge in [0.1, 0.15) is 11.4 Å². The molecule has 0 aliphatic heterocycles. The number of halogens is 1. The molecule has 0 radical (unpaired) electrons.